The second kappa shape index (κ2) is 10.6. The number of benzene rings is 2. The lowest BCUT2D eigenvalue weighted by Crippen LogP contribution is -2.58. The summed E-state index contributed by atoms with van der Waals surface area (Å²) in [5.41, 5.74) is 0.436. The Balaban J connectivity index is 1.31. The van der Waals surface area contributed by atoms with Crippen LogP contribution in [-0.4, -0.2) is 83.0 Å². The van der Waals surface area contributed by atoms with Crippen LogP contribution in [0.2, 0.25) is 0 Å². The maximum atomic E-state index is 13.8. The zero-order valence-electron chi connectivity index (χ0n) is 21.6. The summed E-state index contributed by atoms with van der Waals surface area (Å²) in [6.07, 6.45) is 2.49. The van der Waals surface area contributed by atoms with Crippen LogP contribution < -0.4 is 10.6 Å². The molecule has 0 aliphatic carbocycles. The second-order valence-corrected chi connectivity index (χ2v) is 12.4. The fourth-order valence-corrected chi connectivity index (χ4v) is 6.96. The Hall–Kier alpha value is -3.51. The summed E-state index contributed by atoms with van der Waals surface area (Å²) in [6, 6.07) is 10.1. The van der Waals surface area contributed by atoms with Gasteiger partial charge in [0, 0.05) is 11.6 Å². The first-order valence-electron chi connectivity index (χ1n) is 13.2. The van der Waals surface area contributed by atoms with Gasteiger partial charge < -0.3 is 20.6 Å². The van der Waals surface area contributed by atoms with Crippen LogP contribution >= 0.6 is 0 Å². The topological polar surface area (TPSA) is 153 Å². The van der Waals surface area contributed by atoms with Crippen LogP contribution in [-0.2, 0) is 24.4 Å². The molecule has 0 aromatic heterocycles. The van der Waals surface area contributed by atoms with E-state index in [1.165, 1.54) is 4.90 Å². The molecule has 11 nitrogen and oxygen atoms in total. The number of hydrogen-bond donors (Lipinski definition) is 3. The van der Waals surface area contributed by atoms with Crippen molar-refractivity contribution in [1.82, 2.24) is 19.8 Å². The minimum Gasteiger partial charge on any atom is -0.370 e. The number of nitrogens with zero attached hydrogens (tertiary/aromatic N) is 2. The van der Waals surface area contributed by atoms with Gasteiger partial charge in [-0.3, -0.25) is 19.2 Å². The van der Waals surface area contributed by atoms with E-state index >= 15 is 0 Å². The van der Waals surface area contributed by atoms with E-state index in [0.717, 1.165) is 36.3 Å². The Kier molecular flexibility index (Phi) is 7.34. The summed E-state index contributed by atoms with van der Waals surface area (Å²) in [6.45, 7) is 0. The molecule has 4 amide bonds. The monoisotopic (exact) mass is 556 g/mol. The van der Waals surface area contributed by atoms with Gasteiger partial charge in [-0.2, -0.15) is 0 Å². The number of amides is 4. The first-order valence-corrected chi connectivity index (χ1v) is 15.0. The van der Waals surface area contributed by atoms with E-state index in [1.807, 2.05) is 30.3 Å². The van der Waals surface area contributed by atoms with E-state index < -0.39 is 46.2 Å². The molecule has 2 aromatic rings. The predicted octanol–water partition coefficient (Wildman–Crippen LogP) is 0.867. The third-order valence-corrected chi connectivity index (χ3v) is 9.01. The Morgan fingerprint density at radius 1 is 0.949 bits per heavy atom. The van der Waals surface area contributed by atoms with E-state index in [-0.39, 0.29) is 24.3 Å². The molecule has 3 aliphatic rings. The van der Waals surface area contributed by atoms with Crippen molar-refractivity contribution in [3.8, 4) is 0 Å². The summed E-state index contributed by atoms with van der Waals surface area (Å²) in [5.74, 6) is -2.08. The van der Waals surface area contributed by atoms with Crippen molar-refractivity contribution in [1.29, 1.82) is 0 Å². The average Bonchev–Trinajstić information content (AvgIpc) is 3.43. The molecule has 3 N–H and O–H groups in total. The Morgan fingerprint density at radius 2 is 1.67 bits per heavy atom. The van der Waals surface area contributed by atoms with E-state index in [9.17, 15) is 32.7 Å². The standard InChI is InChI=1S/C27H32N4O7S/c1-39(37,38)31-23(32)15-21(27(31)36)29-25(34)22-13-12-19-8-4-5-9-20(26(35)30(19)22)28-24(33)18-11-10-16-6-2-3-7-17(16)14-18/h2-3,6-7,10-11,14,19-22,27,36H,4-5,8-9,12-13,15H2,1H3,(H,28,33)(H,29,34)/t19-,20-,21-,22-,27?/m0/s1. The molecule has 0 radical (unpaired) electrons. The SMILES string of the molecule is CS(=O)(=O)N1C(=O)C[C@H](NC(=O)[C@@H]2CC[C@@H]3CCCC[C@H](NC(=O)c4ccc5ccccc5c4)C(=O)N32)C1O. The molecule has 1 unspecified atom stereocenters. The van der Waals surface area contributed by atoms with Crippen LogP contribution in [0, 0.1) is 0 Å². The van der Waals surface area contributed by atoms with E-state index in [2.05, 4.69) is 10.6 Å². The van der Waals surface area contributed by atoms with Gasteiger partial charge in [0.05, 0.1) is 18.7 Å². The maximum Gasteiger partial charge on any atom is 0.251 e. The van der Waals surface area contributed by atoms with Crippen molar-refractivity contribution < 1.29 is 32.7 Å². The summed E-state index contributed by atoms with van der Waals surface area (Å²) in [5, 5.41) is 17.8. The molecule has 12 heteroatoms. The third-order valence-electron chi connectivity index (χ3n) is 7.88. The van der Waals surface area contributed by atoms with Crippen molar-refractivity contribution in [3.05, 3.63) is 48.0 Å². The Bertz CT molecular complexity index is 1430. The molecule has 2 aromatic carbocycles. The fraction of sp³-hybridized carbons (Fsp3) is 0.481. The number of carbonyl (C=O) groups is 4. The van der Waals surface area contributed by atoms with Gasteiger partial charge in [-0.05, 0) is 48.6 Å². The highest BCUT2D eigenvalue weighted by atomic mass is 32.2. The molecular weight excluding hydrogens is 524 g/mol. The van der Waals surface area contributed by atoms with Crippen LogP contribution in [0.15, 0.2) is 42.5 Å². The largest absolute Gasteiger partial charge is 0.370 e. The maximum absolute atomic E-state index is 13.8. The van der Waals surface area contributed by atoms with Gasteiger partial charge >= 0.3 is 0 Å². The molecule has 5 rings (SSSR count). The molecule has 0 bridgehead atoms. The minimum atomic E-state index is -4.00. The summed E-state index contributed by atoms with van der Waals surface area (Å²) >= 11 is 0. The number of aliphatic hydroxyl groups is 1. The molecule has 208 valence electrons. The van der Waals surface area contributed by atoms with Gasteiger partial charge in [-0.25, -0.2) is 12.7 Å². The zero-order chi connectivity index (χ0) is 27.9. The lowest BCUT2D eigenvalue weighted by molar-refractivity contribution is -0.143. The summed E-state index contributed by atoms with van der Waals surface area (Å²) < 4.78 is 24.1. The number of aliphatic hydroxyl groups excluding tert-OH is 1. The zero-order valence-corrected chi connectivity index (χ0v) is 22.4. The van der Waals surface area contributed by atoms with Crippen molar-refractivity contribution in [3.63, 3.8) is 0 Å². The van der Waals surface area contributed by atoms with Crippen molar-refractivity contribution in [2.45, 2.75) is 75.3 Å². The summed E-state index contributed by atoms with van der Waals surface area (Å²) in [7, 11) is -4.00. The van der Waals surface area contributed by atoms with E-state index in [0.29, 0.717) is 29.1 Å². The number of hydrogen-bond acceptors (Lipinski definition) is 7. The molecule has 3 aliphatic heterocycles. The van der Waals surface area contributed by atoms with Gasteiger partial charge in [0.1, 0.15) is 12.1 Å². The summed E-state index contributed by atoms with van der Waals surface area (Å²) in [4.78, 5) is 53.9. The number of rotatable bonds is 5. The quantitative estimate of drug-likeness (QED) is 0.494. The number of sulfonamides is 1. The van der Waals surface area contributed by atoms with E-state index in [4.69, 9.17) is 0 Å². The molecule has 3 fully saturated rings. The van der Waals surface area contributed by atoms with Gasteiger partial charge in [-0.15, -0.1) is 0 Å². The van der Waals surface area contributed by atoms with Crippen molar-refractivity contribution >= 4 is 44.4 Å². The number of nitrogens with one attached hydrogen (secondary N) is 2. The van der Waals surface area contributed by atoms with Crippen LogP contribution in [0.4, 0.5) is 0 Å². The highest BCUT2D eigenvalue weighted by Gasteiger charge is 2.48. The lowest BCUT2D eigenvalue weighted by Gasteiger charge is -2.35. The van der Waals surface area contributed by atoms with Gasteiger partial charge in [-0.1, -0.05) is 43.2 Å². The highest BCUT2D eigenvalue weighted by molar-refractivity contribution is 7.88. The van der Waals surface area contributed by atoms with Gasteiger partial charge in [0.2, 0.25) is 27.7 Å². The number of fused-ring (bicyclic) bond motifs is 2. The molecule has 0 spiro atoms. The van der Waals surface area contributed by atoms with E-state index in [1.54, 1.807) is 12.1 Å². The first kappa shape index (κ1) is 27.1. The molecular formula is C27H32N4O7S. The molecule has 3 saturated heterocycles. The van der Waals surface area contributed by atoms with Crippen molar-refractivity contribution in [2.75, 3.05) is 6.26 Å². The third kappa shape index (κ3) is 5.35. The smallest absolute Gasteiger partial charge is 0.251 e. The second-order valence-electron chi connectivity index (χ2n) is 10.6. The molecule has 0 saturated carbocycles. The van der Waals surface area contributed by atoms with Crippen LogP contribution in [0.25, 0.3) is 10.8 Å². The van der Waals surface area contributed by atoms with Gasteiger partial charge in [0.15, 0.2) is 6.23 Å². The fourth-order valence-electron chi connectivity index (χ4n) is 5.98. The van der Waals surface area contributed by atoms with Crippen LogP contribution in [0.3, 0.4) is 0 Å². The predicted molar refractivity (Wildman–Crippen MR) is 142 cm³/mol. The first-order chi connectivity index (χ1) is 18.5. The molecule has 39 heavy (non-hydrogen) atoms. The van der Waals surface area contributed by atoms with Crippen molar-refractivity contribution in [2.24, 2.45) is 0 Å². The molecule has 3 heterocycles. The number of carbonyl (C=O) groups excluding carboxylic acids is 4. The molecule has 5 atom stereocenters. The van der Waals surface area contributed by atoms with Crippen LogP contribution in [0.1, 0.15) is 55.3 Å². The Morgan fingerprint density at radius 3 is 2.38 bits per heavy atom. The van der Waals surface area contributed by atoms with Gasteiger partial charge in [0.25, 0.3) is 5.91 Å². The lowest BCUT2D eigenvalue weighted by atomic mass is 9.98. The normalized spacial score (nSPS) is 27.7. The average molecular weight is 557 g/mol. The van der Waals surface area contributed by atoms with Crippen LogP contribution in [0.5, 0.6) is 0 Å². The Labute approximate surface area is 226 Å². The highest BCUT2D eigenvalue weighted by Crippen LogP contribution is 2.32. The minimum absolute atomic E-state index is 0.170.